The fourth-order valence-corrected chi connectivity index (χ4v) is 4.32. The van der Waals surface area contributed by atoms with Crippen molar-refractivity contribution >= 4 is 11.7 Å². The smallest absolute Gasteiger partial charge is 0.306 e. The number of carboxylic acids is 1. The van der Waals surface area contributed by atoms with Gasteiger partial charge in [0.1, 0.15) is 12.4 Å². The number of pyridine rings is 1. The number of carbonyl (C=O) groups is 1. The minimum atomic E-state index is -0.750. The lowest BCUT2D eigenvalue weighted by Gasteiger charge is -2.13. The summed E-state index contributed by atoms with van der Waals surface area (Å²) < 4.78 is 5.76. The molecule has 0 saturated heterocycles. The number of rotatable bonds is 14. The molecule has 0 spiro atoms. The van der Waals surface area contributed by atoms with Gasteiger partial charge in [-0.15, -0.1) is 0 Å². The second kappa shape index (κ2) is 14.5. The van der Waals surface area contributed by atoms with Crippen LogP contribution in [0, 0.1) is 5.92 Å². The molecule has 6 heteroatoms. The first-order valence-electron chi connectivity index (χ1n) is 13.3. The van der Waals surface area contributed by atoms with Crippen LogP contribution in [0.2, 0.25) is 0 Å². The average Bonchev–Trinajstić information content (AvgIpc) is 2.98. The quantitative estimate of drug-likeness (QED) is 0.111. The van der Waals surface area contributed by atoms with E-state index in [1.54, 1.807) is 6.20 Å². The van der Waals surface area contributed by atoms with Crippen LogP contribution in [0.3, 0.4) is 0 Å². The van der Waals surface area contributed by atoms with Gasteiger partial charge in [0.05, 0.1) is 17.3 Å². The maximum absolute atomic E-state index is 11.8. The predicted molar refractivity (Wildman–Crippen MR) is 154 cm³/mol. The lowest BCUT2D eigenvalue weighted by atomic mass is 9.93. The molecule has 4 aromatic rings. The minimum Gasteiger partial charge on any atom is -0.490 e. The lowest BCUT2D eigenvalue weighted by Crippen LogP contribution is -2.16. The van der Waals surface area contributed by atoms with Gasteiger partial charge in [0.2, 0.25) is 0 Å². The van der Waals surface area contributed by atoms with E-state index in [0.717, 1.165) is 40.9 Å². The van der Waals surface area contributed by atoms with Gasteiger partial charge in [-0.25, -0.2) is 0 Å². The maximum Gasteiger partial charge on any atom is 0.306 e. The highest BCUT2D eigenvalue weighted by molar-refractivity contribution is 5.98. The van der Waals surface area contributed by atoms with Crippen molar-refractivity contribution in [1.82, 2.24) is 4.98 Å². The first-order chi connectivity index (χ1) is 19.1. The van der Waals surface area contributed by atoms with Gasteiger partial charge in [0.25, 0.3) is 0 Å². The zero-order valence-corrected chi connectivity index (χ0v) is 22.2. The summed E-state index contributed by atoms with van der Waals surface area (Å²) in [6, 6.07) is 31.7. The molecule has 0 aliphatic carbocycles. The minimum absolute atomic E-state index is 0.313. The van der Waals surface area contributed by atoms with Crippen molar-refractivity contribution in [3.8, 4) is 17.0 Å². The Kier molecular flexibility index (Phi) is 10.2. The standard InChI is InChI=1S/C33H34N2O4/c1-25(28-15-17-29(18-16-28)32-12-5-6-21-34-32)35-39-23-22-38-31-19-13-27(14-20-31)24-30(33(36)37)11-7-10-26-8-3-2-4-9-26/h2-6,8-9,12-21,30H,7,10-11,22-24H2,1H3,(H,36,37)/b35-25+. The highest BCUT2D eigenvalue weighted by Gasteiger charge is 2.17. The van der Waals surface area contributed by atoms with Crippen molar-refractivity contribution in [3.05, 3.63) is 120 Å². The number of hydrogen-bond donors (Lipinski definition) is 1. The van der Waals surface area contributed by atoms with Crippen molar-refractivity contribution in [3.63, 3.8) is 0 Å². The molecule has 0 fully saturated rings. The molecule has 0 bridgehead atoms. The molecule has 1 heterocycles. The third-order valence-corrected chi connectivity index (χ3v) is 6.52. The molecule has 1 atom stereocenters. The molecular formula is C33H34N2O4. The van der Waals surface area contributed by atoms with Gasteiger partial charge < -0.3 is 14.7 Å². The largest absolute Gasteiger partial charge is 0.490 e. The van der Waals surface area contributed by atoms with Crippen LogP contribution in [0.5, 0.6) is 5.75 Å². The van der Waals surface area contributed by atoms with Crippen molar-refractivity contribution in [1.29, 1.82) is 0 Å². The molecule has 0 aliphatic heterocycles. The van der Waals surface area contributed by atoms with Gasteiger partial charge >= 0.3 is 5.97 Å². The molecule has 1 unspecified atom stereocenters. The summed E-state index contributed by atoms with van der Waals surface area (Å²) in [5.74, 6) is -0.439. The second-order valence-electron chi connectivity index (χ2n) is 9.41. The van der Waals surface area contributed by atoms with Crippen LogP contribution in [0.25, 0.3) is 11.3 Å². The molecular weight excluding hydrogens is 488 g/mol. The van der Waals surface area contributed by atoms with Crippen molar-refractivity contribution in [2.24, 2.45) is 11.1 Å². The van der Waals surface area contributed by atoms with Gasteiger partial charge in [0, 0.05) is 11.8 Å². The number of aliphatic carboxylic acids is 1. The van der Waals surface area contributed by atoms with E-state index >= 15 is 0 Å². The molecule has 0 saturated carbocycles. The molecule has 4 rings (SSSR count). The summed E-state index contributed by atoms with van der Waals surface area (Å²) in [7, 11) is 0. The first-order valence-corrected chi connectivity index (χ1v) is 13.3. The van der Waals surface area contributed by atoms with Gasteiger partial charge in [-0.3, -0.25) is 9.78 Å². The second-order valence-corrected chi connectivity index (χ2v) is 9.41. The summed E-state index contributed by atoms with van der Waals surface area (Å²) in [6.07, 6.45) is 4.67. The zero-order chi connectivity index (χ0) is 27.3. The highest BCUT2D eigenvalue weighted by Crippen LogP contribution is 2.20. The van der Waals surface area contributed by atoms with Gasteiger partial charge in [-0.2, -0.15) is 0 Å². The third-order valence-electron chi connectivity index (χ3n) is 6.52. The predicted octanol–water partition coefficient (Wildman–Crippen LogP) is 6.83. The summed E-state index contributed by atoms with van der Waals surface area (Å²) in [5, 5.41) is 13.9. The Morgan fingerprint density at radius 3 is 2.31 bits per heavy atom. The summed E-state index contributed by atoms with van der Waals surface area (Å²) in [6.45, 7) is 2.57. The number of benzene rings is 3. The van der Waals surface area contributed by atoms with Crippen LogP contribution in [0.1, 0.15) is 36.5 Å². The molecule has 3 aromatic carbocycles. The van der Waals surface area contributed by atoms with Gasteiger partial charge in [-0.05, 0) is 73.6 Å². The molecule has 0 radical (unpaired) electrons. The van der Waals surface area contributed by atoms with Crippen LogP contribution in [-0.2, 0) is 22.5 Å². The Labute approximate surface area is 230 Å². The molecule has 6 nitrogen and oxygen atoms in total. The normalized spacial score (nSPS) is 12.1. The molecule has 0 amide bonds. The molecule has 1 N–H and O–H groups in total. The first kappa shape index (κ1) is 27.6. The lowest BCUT2D eigenvalue weighted by molar-refractivity contribution is -0.142. The van der Waals surface area contributed by atoms with Crippen molar-refractivity contribution in [2.45, 2.75) is 32.6 Å². The maximum atomic E-state index is 11.8. The number of nitrogens with zero attached hydrogens (tertiary/aromatic N) is 2. The molecule has 1 aromatic heterocycles. The van der Waals surface area contributed by atoms with Crippen LogP contribution >= 0.6 is 0 Å². The Hall–Kier alpha value is -4.45. The van der Waals surface area contributed by atoms with Crippen LogP contribution in [0.4, 0.5) is 0 Å². The third kappa shape index (κ3) is 8.82. The Morgan fingerprint density at radius 2 is 1.62 bits per heavy atom. The number of carboxylic acid groups (broad SMARTS) is 1. The number of hydrogen-bond acceptors (Lipinski definition) is 5. The number of ether oxygens (including phenoxy) is 1. The summed E-state index contributed by atoms with van der Waals surface area (Å²) >= 11 is 0. The topological polar surface area (TPSA) is 81.0 Å². The van der Waals surface area contributed by atoms with E-state index in [-0.39, 0.29) is 0 Å². The molecule has 200 valence electrons. The van der Waals surface area contributed by atoms with Crippen LogP contribution in [0.15, 0.2) is 108 Å². The number of oxime groups is 1. The Bertz CT molecular complexity index is 1320. The summed E-state index contributed by atoms with van der Waals surface area (Å²) in [4.78, 5) is 21.6. The fourth-order valence-electron chi connectivity index (χ4n) is 4.32. The van der Waals surface area contributed by atoms with E-state index < -0.39 is 11.9 Å². The fraction of sp³-hybridized carbons (Fsp3) is 0.242. The van der Waals surface area contributed by atoms with Crippen LogP contribution in [-0.4, -0.2) is 35.0 Å². The number of aromatic nitrogens is 1. The zero-order valence-electron chi connectivity index (χ0n) is 22.2. The monoisotopic (exact) mass is 522 g/mol. The van der Waals surface area contributed by atoms with Gasteiger partial charge in [0.15, 0.2) is 6.61 Å². The van der Waals surface area contributed by atoms with E-state index in [0.29, 0.717) is 31.8 Å². The molecule has 0 aliphatic rings. The number of aryl methyl sites for hydroxylation is 1. The van der Waals surface area contributed by atoms with E-state index in [1.807, 2.05) is 91.9 Å². The van der Waals surface area contributed by atoms with E-state index in [9.17, 15) is 9.90 Å². The van der Waals surface area contributed by atoms with Crippen LogP contribution < -0.4 is 4.74 Å². The highest BCUT2D eigenvalue weighted by atomic mass is 16.6. The molecule has 39 heavy (non-hydrogen) atoms. The van der Waals surface area contributed by atoms with E-state index in [2.05, 4.69) is 22.3 Å². The van der Waals surface area contributed by atoms with E-state index in [4.69, 9.17) is 9.57 Å². The Balaban J connectivity index is 1.18. The SMILES string of the molecule is C/C(=N\OCCOc1ccc(CC(CCCc2ccccc2)C(=O)O)cc1)c1ccc(-c2ccccn2)cc1. The Morgan fingerprint density at radius 1 is 0.872 bits per heavy atom. The van der Waals surface area contributed by atoms with Gasteiger partial charge in [-0.1, -0.05) is 78.0 Å². The average molecular weight is 523 g/mol. The summed E-state index contributed by atoms with van der Waals surface area (Å²) in [5.41, 5.74) is 5.97. The van der Waals surface area contributed by atoms with E-state index in [1.165, 1.54) is 5.56 Å². The van der Waals surface area contributed by atoms with Crippen molar-refractivity contribution < 1.29 is 19.5 Å². The van der Waals surface area contributed by atoms with Crippen molar-refractivity contribution in [2.75, 3.05) is 13.2 Å².